The second kappa shape index (κ2) is 9.74. The van der Waals surface area contributed by atoms with Crippen LogP contribution in [0.25, 0.3) is 0 Å². The molecule has 1 saturated heterocycles. The zero-order valence-corrected chi connectivity index (χ0v) is 18.9. The van der Waals surface area contributed by atoms with Crippen LogP contribution in [0.4, 0.5) is 15.8 Å². The number of hydrogen-bond acceptors (Lipinski definition) is 6. The van der Waals surface area contributed by atoms with Crippen molar-refractivity contribution in [3.63, 3.8) is 0 Å². The van der Waals surface area contributed by atoms with Gasteiger partial charge in [-0.05, 0) is 36.8 Å². The van der Waals surface area contributed by atoms with Gasteiger partial charge in [0, 0.05) is 17.7 Å². The van der Waals surface area contributed by atoms with Crippen LogP contribution in [-0.4, -0.2) is 39.6 Å². The van der Waals surface area contributed by atoms with Crippen LogP contribution in [0.5, 0.6) is 0 Å². The van der Waals surface area contributed by atoms with Gasteiger partial charge >= 0.3 is 0 Å². The summed E-state index contributed by atoms with van der Waals surface area (Å²) in [5, 5.41) is 11.9. The number of rotatable bonds is 5. The Morgan fingerprint density at radius 2 is 1.72 bits per heavy atom. The SMILES string of the molecule is Cc1ccc([N+](=O)[O-])cc1C(=O)NN(C(=O)c1ccccc1)C1CC(=O)N(c2ccccc2F)C1=O. The summed E-state index contributed by atoms with van der Waals surface area (Å²) in [6.45, 7) is 1.55. The molecule has 0 saturated carbocycles. The zero-order valence-electron chi connectivity index (χ0n) is 18.9. The quantitative estimate of drug-likeness (QED) is 0.332. The number of hydrazine groups is 1. The molecule has 10 nitrogen and oxygen atoms in total. The lowest BCUT2D eigenvalue weighted by Crippen LogP contribution is -2.54. The zero-order chi connectivity index (χ0) is 26.0. The predicted molar refractivity (Wildman–Crippen MR) is 125 cm³/mol. The predicted octanol–water partition coefficient (Wildman–Crippen LogP) is 3.16. The molecule has 1 N–H and O–H groups in total. The Balaban J connectivity index is 1.72. The molecular weight excluding hydrogens is 471 g/mol. The van der Waals surface area contributed by atoms with E-state index in [1.807, 2.05) is 0 Å². The second-order valence-corrected chi connectivity index (χ2v) is 7.98. The van der Waals surface area contributed by atoms with Crippen LogP contribution < -0.4 is 10.3 Å². The average molecular weight is 490 g/mol. The summed E-state index contributed by atoms with van der Waals surface area (Å²) < 4.78 is 14.4. The largest absolute Gasteiger partial charge is 0.274 e. The van der Waals surface area contributed by atoms with Gasteiger partial charge in [-0.15, -0.1) is 0 Å². The summed E-state index contributed by atoms with van der Waals surface area (Å²) in [6.07, 6.45) is -0.514. The lowest BCUT2D eigenvalue weighted by Gasteiger charge is -2.28. The number of non-ortho nitro benzene ring substituents is 1. The van der Waals surface area contributed by atoms with Gasteiger partial charge in [0.2, 0.25) is 5.91 Å². The monoisotopic (exact) mass is 490 g/mol. The number of para-hydroxylation sites is 1. The van der Waals surface area contributed by atoms with E-state index in [-0.39, 0.29) is 22.5 Å². The average Bonchev–Trinajstić information content (AvgIpc) is 3.16. The van der Waals surface area contributed by atoms with E-state index in [2.05, 4.69) is 5.43 Å². The normalized spacial score (nSPS) is 15.1. The molecule has 1 aliphatic heterocycles. The molecule has 1 fully saturated rings. The standard InChI is InChI=1S/C25H19FN4O6/c1-15-11-12-17(30(35)36)13-18(15)23(32)27-29(24(33)16-7-3-2-4-8-16)21-14-22(31)28(25(21)34)20-10-6-5-9-19(20)26/h2-13,21H,14H2,1H3,(H,27,32). The maximum Gasteiger partial charge on any atom is 0.273 e. The Morgan fingerprint density at radius 3 is 2.39 bits per heavy atom. The van der Waals surface area contributed by atoms with Gasteiger partial charge in [0.05, 0.1) is 22.6 Å². The molecule has 0 radical (unpaired) electrons. The molecule has 3 aromatic rings. The Hall–Kier alpha value is -4.93. The summed E-state index contributed by atoms with van der Waals surface area (Å²) in [6, 6.07) is 15.1. The smallest absolute Gasteiger partial charge is 0.273 e. The van der Waals surface area contributed by atoms with Crippen molar-refractivity contribution in [3.05, 3.63) is 105 Å². The van der Waals surface area contributed by atoms with Crippen molar-refractivity contribution >= 4 is 35.0 Å². The summed E-state index contributed by atoms with van der Waals surface area (Å²) in [7, 11) is 0. The van der Waals surface area contributed by atoms with Gasteiger partial charge in [-0.1, -0.05) is 36.4 Å². The number of aryl methyl sites for hydroxylation is 1. The Bertz CT molecular complexity index is 1390. The molecule has 11 heteroatoms. The third-order valence-electron chi connectivity index (χ3n) is 5.67. The molecule has 0 spiro atoms. The molecule has 4 amide bonds. The molecule has 36 heavy (non-hydrogen) atoms. The summed E-state index contributed by atoms with van der Waals surface area (Å²) in [5.41, 5.74) is 2.12. The molecule has 1 unspecified atom stereocenters. The summed E-state index contributed by atoms with van der Waals surface area (Å²) >= 11 is 0. The lowest BCUT2D eigenvalue weighted by molar-refractivity contribution is -0.384. The van der Waals surface area contributed by atoms with Crippen LogP contribution >= 0.6 is 0 Å². The lowest BCUT2D eigenvalue weighted by atomic mass is 10.1. The molecule has 182 valence electrons. The molecular formula is C25H19FN4O6. The Morgan fingerprint density at radius 1 is 1.06 bits per heavy atom. The first-order valence-corrected chi connectivity index (χ1v) is 10.7. The number of hydrogen-bond donors (Lipinski definition) is 1. The first-order chi connectivity index (χ1) is 17.2. The summed E-state index contributed by atoms with van der Waals surface area (Å²) in [4.78, 5) is 63.7. The minimum absolute atomic E-state index is 0.0993. The number of nitrogens with zero attached hydrogens (tertiary/aromatic N) is 3. The van der Waals surface area contributed by atoms with Crippen molar-refractivity contribution in [2.75, 3.05) is 4.90 Å². The maximum absolute atomic E-state index is 14.4. The van der Waals surface area contributed by atoms with Crippen molar-refractivity contribution in [1.82, 2.24) is 10.4 Å². The van der Waals surface area contributed by atoms with Crippen molar-refractivity contribution in [2.24, 2.45) is 0 Å². The minimum Gasteiger partial charge on any atom is -0.274 e. The fourth-order valence-electron chi connectivity index (χ4n) is 3.83. The van der Waals surface area contributed by atoms with E-state index >= 15 is 0 Å². The minimum atomic E-state index is -1.48. The second-order valence-electron chi connectivity index (χ2n) is 7.98. The van der Waals surface area contributed by atoms with Crippen molar-refractivity contribution in [1.29, 1.82) is 0 Å². The fourth-order valence-corrected chi connectivity index (χ4v) is 3.83. The van der Waals surface area contributed by atoms with E-state index in [1.165, 1.54) is 42.5 Å². The van der Waals surface area contributed by atoms with Gasteiger partial charge in [-0.2, -0.15) is 0 Å². The van der Waals surface area contributed by atoms with Crippen molar-refractivity contribution in [2.45, 2.75) is 19.4 Å². The Kier molecular flexibility index (Phi) is 6.55. The van der Waals surface area contributed by atoms with E-state index in [0.717, 1.165) is 17.1 Å². The number of nitro groups is 1. The number of anilines is 1. The van der Waals surface area contributed by atoms with E-state index < -0.39 is 46.8 Å². The van der Waals surface area contributed by atoms with Gasteiger partial charge in [-0.25, -0.2) is 14.3 Å². The third-order valence-corrected chi connectivity index (χ3v) is 5.67. The van der Waals surface area contributed by atoms with Gasteiger partial charge in [0.15, 0.2) is 0 Å². The van der Waals surface area contributed by atoms with E-state index in [0.29, 0.717) is 10.5 Å². The van der Waals surface area contributed by atoms with Gasteiger partial charge < -0.3 is 0 Å². The maximum atomic E-state index is 14.4. The Labute approximate surface area is 204 Å². The first-order valence-electron chi connectivity index (χ1n) is 10.7. The van der Waals surface area contributed by atoms with Crippen molar-refractivity contribution in [3.8, 4) is 0 Å². The van der Waals surface area contributed by atoms with Crippen molar-refractivity contribution < 1.29 is 28.5 Å². The van der Waals surface area contributed by atoms with E-state index in [9.17, 15) is 33.7 Å². The molecule has 1 aliphatic rings. The number of amides is 4. The summed E-state index contributed by atoms with van der Waals surface area (Å²) in [5.74, 6) is -4.18. The highest BCUT2D eigenvalue weighted by Gasteiger charge is 2.46. The third kappa shape index (κ3) is 4.53. The van der Waals surface area contributed by atoms with E-state index in [4.69, 9.17) is 0 Å². The number of carbonyl (C=O) groups excluding carboxylic acids is 4. The van der Waals surface area contributed by atoms with Gasteiger partial charge in [0.25, 0.3) is 23.4 Å². The van der Waals surface area contributed by atoms with Crippen LogP contribution in [-0.2, 0) is 9.59 Å². The molecule has 0 aromatic heterocycles. The van der Waals surface area contributed by atoms with Crippen LogP contribution in [0.15, 0.2) is 72.8 Å². The molecule has 1 heterocycles. The van der Waals surface area contributed by atoms with Gasteiger partial charge in [-0.3, -0.25) is 34.7 Å². The molecule has 0 bridgehead atoms. The van der Waals surface area contributed by atoms with Crippen LogP contribution in [0.3, 0.4) is 0 Å². The number of nitrogens with one attached hydrogen (secondary N) is 1. The van der Waals surface area contributed by atoms with Crippen LogP contribution in [0.1, 0.15) is 32.7 Å². The number of halogens is 1. The van der Waals surface area contributed by atoms with Crippen LogP contribution in [0.2, 0.25) is 0 Å². The number of nitro benzene ring substituents is 1. The molecule has 4 rings (SSSR count). The number of benzene rings is 3. The van der Waals surface area contributed by atoms with E-state index in [1.54, 1.807) is 25.1 Å². The first kappa shape index (κ1) is 24.2. The highest BCUT2D eigenvalue weighted by atomic mass is 19.1. The number of imide groups is 1. The van der Waals surface area contributed by atoms with Gasteiger partial charge in [0.1, 0.15) is 11.9 Å². The molecule has 1 atom stereocenters. The topological polar surface area (TPSA) is 130 Å². The molecule has 0 aliphatic carbocycles. The van der Waals surface area contributed by atoms with Crippen LogP contribution in [0, 0.1) is 22.9 Å². The highest BCUT2D eigenvalue weighted by Crippen LogP contribution is 2.28. The number of carbonyl (C=O) groups is 4. The highest BCUT2D eigenvalue weighted by molar-refractivity contribution is 6.23. The fraction of sp³-hybridized carbons (Fsp3) is 0.120. The molecule has 3 aromatic carbocycles.